The fourth-order valence-electron chi connectivity index (χ4n) is 7.57. The Labute approximate surface area is 353 Å². The highest BCUT2D eigenvalue weighted by Gasteiger charge is 2.28. The second kappa shape index (κ2) is 17.6. The number of methoxy groups -OCH3 is 1. The fourth-order valence-corrected chi connectivity index (χ4v) is 7.57. The number of aryl methyl sites for hydroxylation is 2. The monoisotopic (exact) mass is 896 g/mol. The molecule has 0 saturated carbocycles. The SMILES string of the molecule is CC(C)(C)c1ccc2c(c1)CC[C@@H]2NC(=O)Nc1cccc2[nH]ncc12.CI.COC(=O)n1ncc2c(NC(=O)N[C@H]3CCc4cc(C(C)(C)C)ccc43)cccc21. The molecule has 12 nitrogen and oxygen atoms in total. The van der Waals surface area contributed by atoms with Crippen molar-refractivity contribution in [2.24, 2.45) is 0 Å². The van der Waals surface area contributed by atoms with Gasteiger partial charge in [0.15, 0.2) is 0 Å². The van der Waals surface area contributed by atoms with Crippen LogP contribution in [-0.2, 0) is 28.4 Å². The van der Waals surface area contributed by atoms with Crippen molar-refractivity contribution >= 4 is 73.9 Å². The van der Waals surface area contributed by atoms with Crippen molar-refractivity contribution in [3.63, 3.8) is 0 Å². The van der Waals surface area contributed by atoms with E-state index in [0.29, 0.717) is 16.6 Å². The number of benzene rings is 4. The molecule has 8 rings (SSSR count). The maximum absolute atomic E-state index is 12.7. The van der Waals surface area contributed by atoms with Gasteiger partial charge in [0.2, 0.25) is 0 Å². The van der Waals surface area contributed by atoms with Crippen LogP contribution in [0.3, 0.4) is 0 Å². The third-order valence-electron chi connectivity index (χ3n) is 10.7. The number of ether oxygens (including phenoxy) is 1. The first-order chi connectivity index (χ1) is 27.7. The summed E-state index contributed by atoms with van der Waals surface area (Å²) < 4.78 is 5.90. The topological polar surface area (TPSA) is 155 Å². The molecule has 0 spiro atoms. The van der Waals surface area contributed by atoms with Gasteiger partial charge in [-0.1, -0.05) is 113 Å². The normalized spacial score (nSPS) is 15.6. The number of halogens is 1. The molecule has 304 valence electrons. The zero-order valence-corrected chi connectivity index (χ0v) is 36.6. The number of H-pyrrole nitrogens is 1. The third-order valence-corrected chi connectivity index (χ3v) is 10.7. The number of urea groups is 2. The summed E-state index contributed by atoms with van der Waals surface area (Å²) >= 11 is 2.15. The Morgan fingerprint density at radius 3 is 1.76 bits per heavy atom. The molecule has 2 aromatic heterocycles. The van der Waals surface area contributed by atoms with Crippen LogP contribution < -0.4 is 21.3 Å². The number of carbonyl (C=O) groups is 3. The molecule has 2 heterocycles. The summed E-state index contributed by atoms with van der Waals surface area (Å²) in [5.41, 5.74) is 10.8. The summed E-state index contributed by atoms with van der Waals surface area (Å²) in [6.45, 7) is 13.3. The highest BCUT2D eigenvalue weighted by Crippen LogP contribution is 2.36. The molecule has 13 heteroatoms. The summed E-state index contributed by atoms with van der Waals surface area (Å²) in [6, 6.07) is 23.8. The van der Waals surface area contributed by atoms with E-state index in [1.807, 2.05) is 23.1 Å². The van der Waals surface area contributed by atoms with E-state index in [4.69, 9.17) is 4.74 Å². The first-order valence-corrected chi connectivity index (χ1v) is 21.6. The van der Waals surface area contributed by atoms with Gasteiger partial charge in [-0.15, -0.1) is 0 Å². The lowest BCUT2D eigenvalue weighted by atomic mass is 9.85. The first kappa shape index (κ1) is 42.2. The first-order valence-electron chi connectivity index (χ1n) is 19.5. The molecule has 4 amide bonds. The Morgan fingerprint density at radius 2 is 1.24 bits per heavy atom. The van der Waals surface area contributed by atoms with Crippen LogP contribution in [0.15, 0.2) is 85.2 Å². The number of hydrogen-bond donors (Lipinski definition) is 5. The van der Waals surface area contributed by atoms with Crippen LogP contribution in [0.4, 0.5) is 25.8 Å². The number of nitrogens with zero attached hydrogens (tertiary/aromatic N) is 3. The highest BCUT2D eigenvalue weighted by molar-refractivity contribution is 14.1. The lowest BCUT2D eigenvalue weighted by Gasteiger charge is -2.21. The van der Waals surface area contributed by atoms with Crippen molar-refractivity contribution < 1.29 is 19.1 Å². The average Bonchev–Trinajstić information content (AvgIpc) is 4.02. The van der Waals surface area contributed by atoms with Crippen LogP contribution in [0.2, 0.25) is 0 Å². The molecule has 2 aliphatic rings. The molecular formula is C45H53IN8O4. The molecule has 0 unspecified atom stereocenters. The number of nitrogens with one attached hydrogen (secondary N) is 5. The summed E-state index contributed by atoms with van der Waals surface area (Å²) in [7, 11) is 1.30. The van der Waals surface area contributed by atoms with Crippen LogP contribution in [0, 0.1) is 0 Å². The maximum Gasteiger partial charge on any atom is 0.434 e. The van der Waals surface area contributed by atoms with Crippen molar-refractivity contribution in [1.82, 2.24) is 30.6 Å². The number of aromatic amines is 1. The van der Waals surface area contributed by atoms with Crippen molar-refractivity contribution in [2.75, 3.05) is 22.7 Å². The van der Waals surface area contributed by atoms with Crippen molar-refractivity contribution in [3.05, 3.63) is 119 Å². The van der Waals surface area contributed by atoms with Gasteiger partial charge >= 0.3 is 18.2 Å². The van der Waals surface area contributed by atoms with Crippen LogP contribution in [0.1, 0.15) is 99.8 Å². The zero-order chi connectivity index (χ0) is 41.8. The van der Waals surface area contributed by atoms with E-state index < -0.39 is 6.09 Å². The number of alkyl halides is 1. The Balaban J connectivity index is 0.000000189. The third kappa shape index (κ3) is 9.30. The van der Waals surface area contributed by atoms with Gasteiger partial charge < -0.3 is 26.0 Å². The summed E-state index contributed by atoms with van der Waals surface area (Å²) in [4.78, 5) is 39.0. The molecule has 58 heavy (non-hydrogen) atoms. The van der Waals surface area contributed by atoms with Gasteiger partial charge in [0.1, 0.15) is 0 Å². The van der Waals surface area contributed by atoms with E-state index in [1.54, 1.807) is 30.6 Å². The molecule has 2 aliphatic carbocycles. The minimum atomic E-state index is -0.580. The van der Waals surface area contributed by atoms with Gasteiger partial charge in [-0.2, -0.15) is 14.9 Å². The Bertz CT molecular complexity index is 2440. The average molecular weight is 897 g/mol. The van der Waals surface area contributed by atoms with Gasteiger partial charge in [-0.25, -0.2) is 14.4 Å². The quantitative estimate of drug-likeness (QED) is 0.0877. The van der Waals surface area contributed by atoms with Gasteiger partial charge in [0, 0.05) is 10.8 Å². The molecule has 5 N–H and O–H groups in total. The molecule has 0 aliphatic heterocycles. The smallest absolute Gasteiger partial charge is 0.434 e. The molecular weight excluding hydrogens is 843 g/mol. The lowest BCUT2D eigenvalue weighted by molar-refractivity contribution is 0.170. The number of rotatable bonds is 4. The van der Waals surface area contributed by atoms with Crippen LogP contribution in [0.25, 0.3) is 21.8 Å². The molecule has 4 aromatic carbocycles. The van der Waals surface area contributed by atoms with Gasteiger partial charge in [0.25, 0.3) is 0 Å². The molecule has 6 aromatic rings. The van der Waals surface area contributed by atoms with Crippen molar-refractivity contribution in [1.29, 1.82) is 0 Å². The second-order valence-corrected chi connectivity index (χ2v) is 16.6. The highest BCUT2D eigenvalue weighted by atomic mass is 127. The fraction of sp³-hybridized carbons (Fsp3) is 0.356. The van der Waals surface area contributed by atoms with E-state index in [0.717, 1.165) is 42.3 Å². The van der Waals surface area contributed by atoms with Crippen LogP contribution in [-0.4, -0.2) is 50.2 Å². The van der Waals surface area contributed by atoms with E-state index in [-0.39, 0.29) is 35.0 Å². The second-order valence-electron chi connectivity index (χ2n) is 16.6. The Hall–Kier alpha value is -5.44. The Morgan fingerprint density at radius 1 is 0.724 bits per heavy atom. The van der Waals surface area contributed by atoms with E-state index in [2.05, 4.69) is 137 Å². The number of hydrogen-bond acceptors (Lipinski definition) is 6. The predicted octanol–water partition coefficient (Wildman–Crippen LogP) is 10.5. The number of amides is 4. The molecule has 0 radical (unpaired) electrons. The van der Waals surface area contributed by atoms with E-state index >= 15 is 0 Å². The van der Waals surface area contributed by atoms with Crippen molar-refractivity contribution in [3.8, 4) is 0 Å². The van der Waals surface area contributed by atoms with E-state index in [9.17, 15) is 14.4 Å². The summed E-state index contributed by atoms with van der Waals surface area (Å²) in [5, 5.41) is 24.6. The minimum absolute atomic E-state index is 0.0222. The van der Waals surface area contributed by atoms with Gasteiger partial charge in [-0.05, 0) is 99.1 Å². The predicted molar refractivity (Wildman–Crippen MR) is 240 cm³/mol. The van der Waals surface area contributed by atoms with Crippen LogP contribution in [0.5, 0.6) is 0 Å². The lowest BCUT2D eigenvalue weighted by Crippen LogP contribution is -2.31. The molecule has 2 atom stereocenters. The van der Waals surface area contributed by atoms with Gasteiger partial charge in [-0.3, -0.25) is 5.10 Å². The molecule has 0 saturated heterocycles. The number of carbonyl (C=O) groups excluding carboxylic acids is 3. The number of aromatic nitrogens is 4. The van der Waals surface area contributed by atoms with Crippen molar-refractivity contribution in [2.45, 2.75) is 90.1 Å². The van der Waals surface area contributed by atoms with E-state index in [1.165, 1.54) is 45.2 Å². The number of anilines is 2. The number of fused-ring (bicyclic) bond motifs is 4. The molecule has 0 fully saturated rings. The standard InChI is InChI=1S/C23H26N4O3.C21H24N4O.CH3I/c1-23(2,3)15-9-10-16-14(12-15)8-11-19(16)26-21(28)25-18-6-5-7-20-17(18)13-24-27(20)22(29)30-4;1-21(2,3)14-8-9-15-13(11-14)7-10-18(15)24-20(26)23-17-5-4-6-19-16(17)12-22-25-19;1-2/h5-7,9-10,12-13,19H,8,11H2,1-4H3,(H2,25,26,28);4-6,8-9,11-12,18H,7,10H2,1-3H3,(H,22,25)(H2,23,24,26);1H3/t19-;18-;/m00./s1. The Kier molecular flexibility index (Phi) is 12.8. The van der Waals surface area contributed by atoms with Gasteiger partial charge in [0.05, 0.1) is 54.0 Å². The zero-order valence-electron chi connectivity index (χ0n) is 34.4. The molecule has 0 bridgehead atoms. The summed E-state index contributed by atoms with van der Waals surface area (Å²) in [5.74, 6) is 0. The maximum atomic E-state index is 12.7. The van der Waals surface area contributed by atoms with Crippen LogP contribution >= 0.6 is 22.6 Å². The summed E-state index contributed by atoms with van der Waals surface area (Å²) in [6.07, 6.45) is 6.45. The largest absolute Gasteiger partial charge is 0.451 e. The minimum Gasteiger partial charge on any atom is -0.451 e.